The summed E-state index contributed by atoms with van der Waals surface area (Å²) in [5.74, 6) is 0.0464. The van der Waals surface area contributed by atoms with Crippen molar-refractivity contribution in [2.24, 2.45) is 0 Å². The van der Waals surface area contributed by atoms with Crippen molar-refractivity contribution < 1.29 is 8.42 Å². The summed E-state index contributed by atoms with van der Waals surface area (Å²) < 4.78 is 26.6. The second kappa shape index (κ2) is 5.96. The van der Waals surface area contributed by atoms with E-state index in [0.29, 0.717) is 17.8 Å². The highest BCUT2D eigenvalue weighted by Crippen LogP contribution is 2.18. The average Bonchev–Trinajstić information content (AvgIpc) is 2.42. The Kier molecular flexibility index (Phi) is 4.29. The summed E-state index contributed by atoms with van der Waals surface area (Å²) in [5, 5.41) is 0. The van der Waals surface area contributed by atoms with Crippen LogP contribution in [0.4, 0.5) is 11.4 Å². The van der Waals surface area contributed by atoms with Crippen molar-refractivity contribution in [3.63, 3.8) is 0 Å². The maximum atomic E-state index is 12.0. The van der Waals surface area contributed by atoms with Gasteiger partial charge in [0.2, 0.25) is 10.0 Å². The molecule has 2 aromatic carbocycles. The maximum Gasteiger partial charge on any atom is 0.233 e. The van der Waals surface area contributed by atoms with Crippen LogP contribution in [0.15, 0.2) is 48.5 Å². The van der Waals surface area contributed by atoms with Crippen molar-refractivity contribution in [1.82, 2.24) is 0 Å². The number of hydrogen-bond acceptors (Lipinski definition) is 3. The summed E-state index contributed by atoms with van der Waals surface area (Å²) in [6.45, 7) is 1.88. The van der Waals surface area contributed by atoms with Gasteiger partial charge in [-0.05, 0) is 36.6 Å². The number of anilines is 2. The Bertz CT molecular complexity index is 682. The maximum absolute atomic E-state index is 12.0. The van der Waals surface area contributed by atoms with Crippen LogP contribution in [0.5, 0.6) is 0 Å². The summed E-state index contributed by atoms with van der Waals surface area (Å²) in [6.07, 6.45) is 0.484. The van der Waals surface area contributed by atoms with Crippen LogP contribution in [0, 0.1) is 6.92 Å². The summed E-state index contributed by atoms with van der Waals surface area (Å²) >= 11 is 0. The van der Waals surface area contributed by atoms with E-state index in [-0.39, 0.29) is 5.75 Å². The van der Waals surface area contributed by atoms with Gasteiger partial charge in [0, 0.05) is 5.69 Å². The molecule has 20 heavy (non-hydrogen) atoms. The van der Waals surface area contributed by atoms with Crippen molar-refractivity contribution >= 4 is 21.4 Å². The first-order chi connectivity index (χ1) is 9.46. The SMILES string of the molecule is Cc1ccc(NS(=O)(=O)CCc2ccccc2)cc1N. The molecule has 5 heteroatoms. The molecule has 0 amide bonds. The summed E-state index contributed by atoms with van der Waals surface area (Å²) in [5.41, 5.74) is 8.78. The van der Waals surface area contributed by atoms with E-state index in [4.69, 9.17) is 5.73 Å². The van der Waals surface area contributed by atoms with Crippen LogP contribution in [0.25, 0.3) is 0 Å². The molecule has 4 nitrogen and oxygen atoms in total. The molecule has 0 aliphatic heterocycles. The molecule has 0 spiro atoms. The minimum Gasteiger partial charge on any atom is -0.398 e. The Morgan fingerprint density at radius 1 is 1.10 bits per heavy atom. The van der Waals surface area contributed by atoms with E-state index in [9.17, 15) is 8.42 Å². The molecule has 0 radical (unpaired) electrons. The molecule has 0 saturated carbocycles. The van der Waals surface area contributed by atoms with Gasteiger partial charge in [0.05, 0.1) is 11.4 Å². The zero-order valence-electron chi connectivity index (χ0n) is 11.3. The van der Waals surface area contributed by atoms with Crippen LogP contribution in [-0.4, -0.2) is 14.2 Å². The molecule has 0 bridgehead atoms. The second-order valence-electron chi connectivity index (χ2n) is 4.73. The Balaban J connectivity index is 2.02. The molecule has 3 N–H and O–H groups in total. The zero-order chi connectivity index (χ0) is 14.6. The van der Waals surface area contributed by atoms with Crippen molar-refractivity contribution in [3.8, 4) is 0 Å². The highest BCUT2D eigenvalue weighted by Gasteiger charge is 2.11. The zero-order valence-corrected chi connectivity index (χ0v) is 12.2. The standard InChI is InChI=1S/C15H18N2O2S/c1-12-7-8-14(11-15(12)16)17-20(18,19)10-9-13-5-3-2-4-6-13/h2-8,11,17H,9-10,16H2,1H3. The first-order valence-electron chi connectivity index (χ1n) is 6.37. The quantitative estimate of drug-likeness (QED) is 0.831. The third-order valence-electron chi connectivity index (χ3n) is 3.05. The lowest BCUT2D eigenvalue weighted by atomic mass is 10.2. The molecule has 0 heterocycles. The Labute approximate surface area is 119 Å². The highest BCUT2D eigenvalue weighted by molar-refractivity contribution is 7.92. The molecule has 2 aromatic rings. The molecule has 0 aliphatic rings. The molecular formula is C15H18N2O2S. The molecule has 0 aromatic heterocycles. The lowest BCUT2D eigenvalue weighted by Gasteiger charge is -2.09. The van der Waals surface area contributed by atoms with Gasteiger partial charge in [0.25, 0.3) is 0 Å². The van der Waals surface area contributed by atoms with E-state index in [1.807, 2.05) is 37.3 Å². The Morgan fingerprint density at radius 3 is 2.45 bits per heavy atom. The van der Waals surface area contributed by atoms with Gasteiger partial charge in [-0.2, -0.15) is 0 Å². The van der Waals surface area contributed by atoms with Crippen LogP contribution in [0.2, 0.25) is 0 Å². The van der Waals surface area contributed by atoms with Gasteiger partial charge in [-0.1, -0.05) is 36.4 Å². The molecule has 0 unspecified atom stereocenters. The van der Waals surface area contributed by atoms with Gasteiger partial charge < -0.3 is 5.73 Å². The number of nitrogen functional groups attached to an aromatic ring is 1. The van der Waals surface area contributed by atoms with Crippen molar-refractivity contribution in [3.05, 3.63) is 59.7 Å². The van der Waals surface area contributed by atoms with E-state index in [1.54, 1.807) is 18.2 Å². The number of nitrogens with one attached hydrogen (secondary N) is 1. The van der Waals surface area contributed by atoms with E-state index >= 15 is 0 Å². The van der Waals surface area contributed by atoms with Crippen LogP contribution < -0.4 is 10.5 Å². The van der Waals surface area contributed by atoms with Gasteiger partial charge in [-0.3, -0.25) is 4.72 Å². The van der Waals surface area contributed by atoms with Gasteiger partial charge >= 0.3 is 0 Å². The molecule has 0 atom stereocenters. The van der Waals surface area contributed by atoms with Gasteiger partial charge in [-0.25, -0.2) is 8.42 Å². The molecular weight excluding hydrogens is 272 g/mol. The van der Waals surface area contributed by atoms with E-state index in [1.165, 1.54) is 0 Å². The van der Waals surface area contributed by atoms with Crippen LogP contribution in [0.3, 0.4) is 0 Å². The third-order valence-corrected chi connectivity index (χ3v) is 4.34. The summed E-state index contributed by atoms with van der Waals surface area (Å²) in [7, 11) is -3.37. The van der Waals surface area contributed by atoms with Gasteiger partial charge in [0.15, 0.2) is 0 Å². The minimum absolute atomic E-state index is 0.0464. The van der Waals surface area contributed by atoms with E-state index < -0.39 is 10.0 Å². The average molecular weight is 290 g/mol. The lowest BCUT2D eigenvalue weighted by Crippen LogP contribution is -2.18. The number of sulfonamides is 1. The van der Waals surface area contributed by atoms with Gasteiger partial charge in [-0.15, -0.1) is 0 Å². The van der Waals surface area contributed by atoms with Crippen LogP contribution >= 0.6 is 0 Å². The lowest BCUT2D eigenvalue weighted by molar-refractivity contribution is 0.600. The van der Waals surface area contributed by atoms with Crippen molar-refractivity contribution in [2.75, 3.05) is 16.2 Å². The van der Waals surface area contributed by atoms with Crippen LogP contribution in [-0.2, 0) is 16.4 Å². The molecule has 0 fully saturated rings. The largest absolute Gasteiger partial charge is 0.398 e. The topological polar surface area (TPSA) is 72.2 Å². The molecule has 0 saturated heterocycles. The predicted octanol–water partition coefficient (Wildman–Crippen LogP) is 2.56. The normalized spacial score (nSPS) is 11.2. The fourth-order valence-electron chi connectivity index (χ4n) is 1.83. The fraction of sp³-hybridized carbons (Fsp3) is 0.200. The number of benzene rings is 2. The fourth-order valence-corrected chi connectivity index (χ4v) is 2.92. The molecule has 0 aliphatic carbocycles. The number of aryl methyl sites for hydroxylation is 2. The van der Waals surface area contributed by atoms with Gasteiger partial charge in [0.1, 0.15) is 0 Å². The first-order valence-corrected chi connectivity index (χ1v) is 8.02. The summed E-state index contributed by atoms with van der Waals surface area (Å²) in [4.78, 5) is 0. The van der Waals surface area contributed by atoms with Crippen LogP contribution in [0.1, 0.15) is 11.1 Å². The smallest absolute Gasteiger partial charge is 0.233 e. The second-order valence-corrected chi connectivity index (χ2v) is 6.57. The number of rotatable bonds is 5. The number of nitrogens with two attached hydrogens (primary N) is 1. The first kappa shape index (κ1) is 14.4. The molecule has 106 valence electrons. The van der Waals surface area contributed by atoms with Crippen molar-refractivity contribution in [2.45, 2.75) is 13.3 Å². The monoisotopic (exact) mass is 290 g/mol. The minimum atomic E-state index is -3.37. The summed E-state index contributed by atoms with van der Waals surface area (Å²) in [6, 6.07) is 14.7. The van der Waals surface area contributed by atoms with E-state index in [2.05, 4.69) is 4.72 Å². The van der Waals surface area contributed by atoms with Crippen molar-refractivity contribution in [1.29, 1.82) is 0 Å². The number of hydrogen-bond donors (Lipinski definition) is 2. The Hall–Kier alpha value is -2.01. The Morgan fingerprint density at radius 2 is 1.80 bits per heavy atom. The predicted molar refractivity (Wildman–Crippen MR) is 83.1 cm³/mol. The third kappa shape index (κ3) is 3.99. The van der Waals surface area contributed by atoms with E-state index in [0.717, 1.165) is 11.1 Å². The molecule has 2 rings (SSSR count). The highest BCUT2D eigenvalue weighted by atomic mass is 32.2.